The summed E-state index contributed by atoms with van der Waals surface area (Å²) in [5.74, 6) is -6.55. The van der Waals surface area contributed by atoms with Crippen molar-refractivity contribution in [1.29, 1.82) is 0 Å². The fourth-order valence-corrected chi connectivity index (χ4v) is 6.33. The van der Waals surface area contributed by atoms with E-state index in [4.69, 9.17) is 10.5 Å². The number of phenolic OH excluding ortho intramolecular Hbond substituents is 1. The number of carbonyl (C=O) groups is 3. The van der Waals surface area contributed by atoms with Crippen LogP contribution in [0.2, 0.25) is 0 Å². The molecule has 1 aromatic carbocycles. The van der Waals surface area contributed by atoms with Crippen molar-refractivity contribution in [3.8, 4) is 5.75 Å². The van der Waals surface area contributed by atoms with Gasteiger partial charge in [0.25, 0.3) is 5.91 Å². The molecule has 1 aliphatic heterocycles. The van der Waals surface area contributed by atoms with Gasteiger partial charge in [-0.25, -0.2) is 0 Å². The molecule has 4 aliphatic rings. The third kappa shape index (κ3) is 3.19. The van der Waals surface area contributed by atoms with Crippen LogP contribution in [0, 0.1) is 11.8 Å². The van der Waals surface area contributed by atoms with Gasteiger partial charge in [-0.15, -0.1) is 0 Å². The standard InChI is InChI=1S/C25H29N3O8/c1-27(2)19-13-10-11-9-12-14(28-5-7-36-8-6-28)3-4-15(29)17(12)20(30)16(11)22(32)25(13,35)23(33)18(21(19)31)24(26)34/h3-4,11,13,19,29-30,33,35H,5-10H2,1-2H3,(H2,26,34)/t11-,13-,19-,25-/m0/s1. The van der Waals surface area contributed by atoms with E-state index in [1.807, 2.05) is 0 Å². The second-order valence-corrected chi connectivity index (χ2v) is 10.0. The van der Waals surface area contributed by atoms with Crippen molar-refractivity contribution in [2.24, 2.45) is 17.6 Å². The summed E-state index contributed by atoms with van der Waals surface area (Å²) < 4.78 is 5.44. The molecule has 4 atom stereocenters. The monoisotopic (exact) mass is 499 g/mol. The average molecular weight is 500 g/mol. The maximum absolute atomic E-state index is 13.8. The van der Waals surface area contributed by atoms with Gasteiger partial charge < -0.3 is 35.8 Å². The number of phenols is 1. The first-order valence-electron chi connectivity index (χ1n) is 11.8. The lowest BCUT2D eigenvalue weighted by molar-refractivity contribution is -0.153. The number of amides is 1. The second-order valence-electron chi connectivity index (χ2n) is 10.0. The van der Waals surface area contributed by atoms with E-state index in [9.17, 15) is 34.8 Å². The number of aromatic hydroxyl groups is 1. The van der Waals surface area contributed by atoms with Gasteiger partial charge >= 0.3 is 0 Å². The Balaban J connectivity index is 1.70. The first kappa shape index (κ1) is 24.3. The largest absolute Gasteiger partial charge is 0.508 e. The normalized spacial score (nSPS) is 30.3. The van der Waals surface area contributed by atoms with E-state index in [2.05, 4.69) is 4.90 Å². The number of nitrogens with two attached hydrogens (primary N) is 1. The van der Waals surface area contributed by atoms with Gasteiger partial charge in [0.1, 0.15) is 22.8 Å². The highest BCUT2D eigenvalue weighted by Crippen LogP contribution is 2.53. The Labute approximate surface area is 207 Å². The van der Waals surface area contributed by atoms with Gasteiger partial charge in [0.05, 0.1) is 24.8 Å². The van der Waals surface area contributed by atoms with Crippen molar-refractivity contribution in [2.45, 2.75) is 24.5 Å². The van der Waals surface area contributed by atoms with E-state index in [1.54, 1.807) is 20.2 Å². The number of primary amides is 1. The number of nitrogens with zero attached hydrogens (tertiary/aromatic N) is 2. The predicted molar refractivity (Wildman–Crippen MR) is 127 cm³/mol. The number of carbonyl (C=O) groups excluding carboxylic acids is 3. The quantitative estimate of drug-likeness (QED) is 0.350. The lowest BCUT2D eigenvalue weighted by Gasteiger charge is -2.50. The van der Waals surface area contributed by atoms with E-state index in [0.717, 1.165) is 5.69 Å². The average Bonchev–Trinajstić information content (AvgIpc) is 2.81. The van der Waals surface area contributed by atoms with Crippen LogP contribution >= 0.6 is 0 Å². The molecule has 11 heteroatoms. The zero-order chi connectivity index (χ0) is 26.1. The number of aliphatic hydroxyl groups excluding tert-OH is 2. The molecular formula is C25H29N3O8. The predicted octanol–water partition coefficient (Wildman–Crippen LogP) is -0.199. The molecule has 0 bridgehead atoms. The molecule has 1 heterocycles. The summed E-state index contributed by atoms with van der Waals surface area (Å²) >= 11 is 0. The number of rotatable bonds is 3. The summed E-state index contributed by atoms with van der Waals surface area (Å²) in [5.41, 5.74) is 3.27. The zero-order valence-electron chi connectivity index (χ0n) is 20.0. The van der Waals surface area contributed by atoms with Gasteiger partial charge in [0, 0.05) is 30.3 Å². The number of ether oxygens (including phenoxy) is 1. The van der Waals surface area contributed by atoms with Crippen molar-refractivity contribution in [1.82, 2.24) is 4.90 Å². The summed E-state index contributed by atoms with van der Waals surface area (Å²) in [6.45, 7) is 2.29. The number of ketones is 2. The van der Waals surface area contributed by atoms with Crippen LogP contribution in [-0.4, -0.2) is 94.8 Å². The molecular weight excluding hydrogens is 470 g/mol. The maximum atomic E-state index is 13.8. The van der Waals surface area contributed by atoms with Crippen LogP contribution in [0.1, 0.15) is 17.5 Å². The number of likely N-dealkylation sites (N-methyl/N-ethyl adjacent to an activating group) is 1. The number of morpholine rings is 1. The van der Waals surface area contributed by atoms with E-state index >= 15 is 0 Å². The van der Waals surface area contributed by atoms with Crippen LogP contribution in [0.15, 0.2) is 29.0 Å². The Hall–Kier alpha value is -3.41. The van der Waals surface area contributed by atoms with Crippen molar-refractivity contribution >= 4 is 28.9 Å². The van der Waals surface area contributed by atoms with E-state index in [1.165, 1.54) is 11.0 Å². The minimum absolute atomic E-state index is 0.0595. The molecule has 1 saturated heterocycles. The third-order valence-electron chi connectivity index (χ3n) is 7.93. The number of Topliss-reactive ketones (excluding diaryl/α,β-unsaturated/α-hetero) is 2. The molecule has 2 fully saturated rings. The van der Waals surface area contributed by atoms with Crippen LogP contribution in [0.5, 0.6) is 5.75 Å². The number of fused-ring (bicyclic) bond motifs is 3. The highest BCUT2D eigenvalue weighted by Gasteiger charge is 2.64. The first-order chi connectivity index (χ1) is 17.0. The number of hydrogen-bond acceptors (Lipinski definition) is 10. The van der Waals surface area contributed by atoms with Crippen LogP contribution in [0.3, 0.4) is 0 Å². The topological polar surface area (TPSA) is 174 Å². The molecule has 1 saturated carbocycles. The van der Waals surface area contributed by atoms with Crippen LogP contribution in [0.25, 0.3) is 5.76 Å². The molecule has 3 aliphatic carbocycles. The maximum Gasteiger partial charge on any atom is 0.255 e. The first-order valence-corrected chi connectivity index (χ1v) is 11.8. The molecule has 5 rings (SSSR count). The molecule has 36 heavy (non-hydrogen) atoms. The fourth-order valence-electron chi connectivity index (χ4n) is 6.33. The van der Waals surface area contributed by atoms with E-state index < -0.39 is 58.0 Å². The van der Waals surface area contributed by atoms with Gasteiger partial charge in [-0.1, -0.05) is 0 Å². The minimum Gasteiger partial charge on any atom is -0.508 e. The second kappa shape index (κ2) is 8.32. The summed E-state index contributed by atoms with van der Waals surface area (Å²) in [7, 11) is 3.14. The number of aliphatic hydroxyl groups is 3. The fraction of sp³-hybridized carbons (Fsp3) is 0.480. The number of benzene rings is 1. The molecule has 1 aromatic rings. The van der Waals surface area contributed by atoms with Crippen LogP contribution < -0.4 is 10.6 Å². The highest BCUT2D eigenvalue weighted by atomic mass is 16.5. The Morgan fingerprint density at radius 3 is 2.44 bits per heavy atom. The minimum atomic E-state index is -2.64. The lowest BCUT2D eigenvalue weighted by atomic mass is 9.57. The van der Waals surface area contributed by atoms with Crippen LogP contribution in [-0.2, 0) is 25.5 Å². The summed E-state index contributed by atoms with van der Waals surface area (Å²) in [5, 5.41) is 44.5. The summed E-state index contributed by atoms with van der Waals surface area (Å²) in [6, 6.07) is 2.10. The lowest BCUT2D eigenvalue weighted by Crippen LogP contribution is -2.65. The smallest absolute Gasteiger partial charge is 0.255 e. The van der Waals surface area contributed by atoms with Gasteiger partial charge in [-0.2, -0.15) is 0 Å². The highest BCUT2D eigenvalue weighted by molar-refractivity contribution is 6.24. The number of anilines is 1. The third-order valence-corrected chi connectivity index (χ3v) is 7.93. The molecule has 0 aromatic heterocycles. The van der Waals surface area contributed by atoms with Gasteiger partial charge in [-0.05, 0) is 50.6 Å². The summed E-state index contributed by atoms with van der Waals surface area (Å²) in [6.07, 6.45) is 0.319. The van der Waals surface area contributed by atoms with Crippen LogP contribution in [0.4, 0.5) is 5.69 Å². The zero-order valence-corrected chi connectivity index (χ0v) is 20.0. The van der Waals surface area contributed by atoms with Crippen molar-refractivity contribution in [3.63, 3.8) is 0 Å². The molecule has 0 spiro atoms. The summed E-state index contributed by atoms with van der Waals surface area (Å²) in [4.78, 5) is 42.6. The molecule has 11 nitrogen and oxygen atoms in total. The van der Waals surface area contributed by atoms with Crippen molar-refractivity contribution in [2.75, 3.05) is 45.3 Å². The molecule has 1 amide bonds. The Kier molecular flexibility index (Phi) is 5.62. The van der Waals surface area contributed by atoms with Gasteiger partial charge in [0.2, 0.25) is 5.78 Å². The number of hydrogen-bond donors (Lipinski definition) is 5. The van der Waals surface area contributed by atoms with Crippen molar-refractivity contribution in [3.05, 3.63) is 40.2 Å². The molecule has 192 valence electrons. The molecule has 6 N–H and O–H groups in total. The van der Waals surface area contributed by atoms with Crippen molar-refractivity contribution < 1.29 is 39.5 Å². The Bertz CT molecular complexity index is 1250. The molecule has 0 unspecified atom stereocenters. The van der Waals surface area contributed by atoms with E-state index in [0.29, 0.717) is 31.9 Å². The SMILES string of the molecule is CN(C)[C@@H]1C(=O)C(C(N)=O)=C(O)[C@@]2(O)C(=O)C3=C(O)c4c(O)ccc(N5CCOCC5)c4C[C@H]3C[C@@H]12. The molecule has 0 radical (unpaired) electrons. The van der Waals surface area contributed by atoms with Gasteiger partial charge in [-0.3, -0.25) is 19.3 Å². The Morgan fingerprint density at radius 1 is 1.17 bits per heavy atom. The Morgan fingerprint density at radius 2 is 1.83 bits per heavy atom. The van der Waals surface area contributed by atoms with E-state index in [-0.39, 0.29) is 29.7 Å². The van der Waals surface area contributed by atoms with Gasteiger partial charge in [0.15, 0.2) is 11.4 Å².